The second-order valence-electron chi connectivity index (χ2n) is 3.39. The first-order valence-corrected chi connectivity index (χ1v) is 6.09. The summed E-state index contributed by atoms with van der Waals surface area (Å²) in [6, 6.07) is 2.20. The number of thiophene rings is 1. The van der Waals surface area contributed by atoms with Gasteiger partial charge in [-0.05, 0) is 36.3 Å². The molecule has 68 valence electrons. The van der Waals surface area contributed by atoms with Gasteiger partial charge in [-0.1, -0.05) is 29.8 Å². The number of halogens is 1. The maximum atomic E-state index is 3.59. The zero-order valence-electron chi connectivity index (χ0n) is 7.80. The van der Waals surface area contributed by atoms with E-state index >= 15 is 0 Å². The highest BCUT2D eigenvalue weighted by atomic mass is 79.9. The van der Waals surface area contributed by atoms with Crippen LogP contribution >= 0.6 is 27.3 Å². The third kappa shape index (κ3) is 2.60. The van der Waals surface area contributed by atoms with Crippen molar-refractivity contribution >= 4 is 27.3 Å². The normalized spacial score (nSPS) is 16.0. The first-order valence-electron chi connectivity index (χ1n) is 4.29. The van der Waals surface area contributed by atoms with Gasteiger partial charge in [0.25, 0.3) is 0 Å². The molecule has 2 unspecified atom stereocenters. The molecule has 1 rings (SSSR count). The molecule has 0 saturated carbocycles. The molecule has 12 heavy (non-hydrogen) atoms. The van der Waals surface area contributed by atoms with Gasteiger partial charge in [0.05, 0.1) is 0 Å². The Morgan fingerprint density at radius 3 is 2.58 bits per heavy atom. The molecule has 2 heteroatoms. The zero-order valence-corrected chi connectivity index (χ0v) is 10.2. The minimum absolute atomic E-state index is 0.619. The molecular weight excluding hydrogens is 232 g/mol. The Balaban J connectivity index is 2.65. The molecule has 0 aliphatic heterocycles. The van der Waals surface area contributed by atoms with Crippen LogP contribution in [0, 0.1) is 6.92 Å². The average molecular weight is 247 g/mol. The summed E-state index contributed by atoms with van der Waals surface area (Å²) < 4.78 is 0. The van der Waals surface area contributed by atoms with Crippen molar-refractivity contribution in [1.82, 2.24) is 0 Å². The summed E-state index contributed by atoms with van der Waals surface area (Å²) in [4.78, 5) is 2.16. The van der Waals surface area contributed by atoms with Crippen molar-refractivity contribution in [3.8, 4) is 0 Å². The first kappa shape index (κ1) is 10.3. The van der Waals surface area contributed by atoms with Crippen molar-refractivity contribution in [3.05, 3.63) is 21.9 Å². The molecule has 0 nitrogen and oxygen atoms in total. The van der Waals surface area contributed by atoms with Crippen LogP contribution in [-0.2, 0) is 0 Å². The van der Waals surface area contributed by atoms with Crippen molar-refractivity contribution in [3.63, 3.8) is 0 Å². The van der Waals surface area contributed by atoms with Crippen molar-refractivity contribution in [2.45, 2.75) is 37.9 Å². The minimum Gasteiger partial charge on any atom is -0.148 e. The molecule has 0 spiro atoms. The Kier molecular flexibility index (Phi) is 3.78. The second-order valence-corrected chi connectivity index (χ2v) is 5.90. The van der Waals surface area contributed by atoms with Gasteiger partial charge in [0.2, 0.25) is 0 Å². The quantitative estimate of drug-likeness (QED) is 0.697. The van der Waals surface area contributed by atoms with E-state index in [0.29, 0.717) is 10.7 Å². The van der Waals surface area contributed by atoms with Gasteiger partial charge in [-0.25, -0.2) is 0 Å². The van der Waals surface area contributed by atoms with Crippen LogP contribution in [0.5, 0.6) is 0 Å². The maximum Gasteiger partial charge on any atom is 0.0123 e. The lowest BCUT2D eigenvalue weighted by atomic mass is 10.0. The van der Waals surface area contributed by atoms with Crippen LogP contribution in [0.1, 0.15) is 36.6 Å². The summed E-state index contributed by atoms with van der Waals surface area (Å²) in [6.07, 6.45) is 1.22. The van der Waals surface area contributed by atoms with Gasteiger partial charge in [-0.15, -0.1) is 11.3 Å². The molecule has 0 bridgehead atoms. The summed E-state index contributed by atoms with van der Waals surface area (Å²) >= 11 is 5.47. The average Bonchev–Trinajstić information content (AvgIpc) is 2.33. The number of aryl methyl sites for hydroxylation is 1. The van der Waals surface area contributed by atoms with Crippen LogP contribution in [0.3, 0.4) is 0 Å². The largest absolute Gasteiger partial charge is 0.148 e. The van der Waals surface area contributed by atoms with Gasteiger partial charge in [0.1, 0.15) is 0 Å². The minimum atomic E-state index is 0.619. The molecule has 0 aliphatic carbocycles. The number of rotatable bonds is 3. The van der Waals surface area contributed by atoms with E-state index in [1.807, 2.05) is 11.3 Å². The Morgan fingerprint density at radius 1 is 1.50 bits per heavy atom. The molecule has 0 amide bonds. The molecule has 0 aromatic carbocycles. The molecule has 0 aliphatic rings. The fourth-order valence-corrected chi connectivity index (χ4v) is 3.05. The molecule has 1 aromatic heterocycles. The van der Waals surface area contributed by atoms with Crippen molar-refractivity contribution in [2.75, 3.05) is 0 Å². The van der Waals surface area contributed by atoms with E-state index in [0.717, 1.165) is 0 Å². The third-order valence-corrected chi connectivity index (χ3v) is 3.65. The van der Waals surface area contributed by atoms with E-state index in [2.05, 4.69) is 48.1 Å². The summed E-state index contributed by atoms with van der Waals surface area (Å²) in [5.74, 6) is 0.694. The van der Waals surface area contributed by atoms with Crippen molar-refractivity contribution in [2.24, 2.45) is 0 Å². The predicted octanol–water partition coefficient (Wildman–Crippen LogP) is 4.33. The summed E-state index contributed by atoms with van der Waals surface area (Å²) in [5, 5.41) is 2.18. The standard InChI is InChI=1S/C10H15BrS/c1-7-4-5-12-10(7)8(2)6-9(3)11/h4-5,8-9H,6H2,1-3H3. The van der Waals surface area contributed by atoms with Crippen LogP contribution in [-0.4, -0.2) is 4.83 Å². The fraction of sp³-hybridized carbons (Fsp3) is 0.600. The Hall–Kier alpha value is 0.180. The van der Waals surface area contributed by atoms with Gasteiger partial charge < -0.3 is 0 Å². The molecule has 1 heterocycles. The molecule has 1 aromatic rings. The summed E-state index contributed by atoms with van der Waals surface area (Å²) in [7, 11) is 0. The Morgan fingerprint density at radius 2 is 2.17 bits per heavy atom. The predicted molar refractivity (Wildman–Crippen MR) is 60.5 cm³/mol. The number of hydrogen-bond donors (Lipinski definition) is 0. The SMILES string of the molecule is Cc1ccsc1C(C)CC(C)Br. The topological polar surface area (TPSA) is 0 Å². The van der Waals surface area contributed by atoms with Crippen LogP contribution < -0.4 is 0 Å². The molecule has 0 saturated heterocycles. The van der Waals surface area contributed by atoms with Crippen LogP contribution in [0.4, 0.5) is 0 Å². The number of hydrogen-bond acceptors (Lipinski definition) is 1. The van der Waals surface area contributed by atoms with Gasteiger partial charge in [0, 0.05) is 9.70 Å². The lowest BCUT2D eigenvalue weighted by Crippen LogP contribution is -1.99. The summed E-state index contributed by atoms with van der Waals surface area (Å²) in [5.41, 5.74) is 1.45. The molecule has 0 fully saturated rings. The Labute approximate surface area is 87.1 Å². The lowest BCUT2D eigenvalue weighted by Gasteiger charge is -2.12. The zero-order chi connectivity index (χ0) is 9.14. The summed E-state index contributed by atoms with van der Waals surface area (Å²) in [6.45, 7) is 6.71. The van der Waals surface area contributed by atoms with Gasteiger partial charge in [-0.2, -0.15) is 0 Å². The van der Waals surface area contributed by atoms with Gasteiger partial charge in [0.15, 0.2) is 0 Å². The lowest BCUT2D eigenvalue weighted by molar-refractivity contribution is 0.689. The molecular formula is C10H15BrS. The highest BCUT2D eigenvalue weighted by Crippen LogP contribution is 2.29. The molecule has 2 atom stereocenters. The van der Waals surface area contributed by atoms with E-state index in [1.54, 1.807) is 4.88 Å². The van der Waals surface area contributed by atoms with Crippen molar-refractivity contribution < 1.29 is 0 Å². The monoisotopic (exact) mass is 246 g/mol. The van der Waals surface area contributed by atoms with Gasteiger partial charge >= 0.3 is 0 Å². The van der Waals surface area contributed by atoms with Gasteiger partial charge in [-0.3, -0.25) is 0 Å². The van der Waals surface area contributed by atoms with E-state index in [4.69, 9.17) is 0 Å². The smallest absolute Gasteiger partial charge is 0.0123 e. The van der Waals surface area contributed by atoms with Crippen molar-refractivity contribution in [1.29, 1.82) is 0 Å². The van der Waals surface area contributed by atoms with E-state index < -0.39 is 0 Å². The molecule has 0 N–H and O–H groups in total. The highest BCUT2D eigenvalue weighted by molar-refractivity contribution is 9.09. The van der Waals surface area contributed by atoms with Crippen LogP contribution in [0.2, 0.25) is 0 Å². The van der Waals surface area contributed by atoms with E-state index in [1.165, 1.54) is 12.0 Å². The first-order chi connectivity index (χ1) is 5.61. The second kappa shape index (κ2) is 4.43. The van der Waals surface area contributed by atoms with E-state index in [9.17, 15) is 0 Å². The van der Waals surface area contributed by atoms with Crippen LogP contribution in [0.15, 0.2) is 11.4 Å². The van der Waals surface area contributed by atoms with E-state index in [-0.39, 0.29) is 0 Å². The maximum absolute atomic E-state index is 3.59. The molecule has 0 radical (unpaired) electrons. The number of alkyl halides is 1. The fourth-order valence-electron chi connectivity index (χ4n) is 1.48. The third-order valence-electron chi connectivity index (χ3n) is 2.03. The van der Waals surface area contributed by atoms with Crippen LogP contribution in [0.25, 0.3) is 0 Å². The Bertz CT molecular complexity index is 240. The highest BCUT2D eigenvalue weighted by Gasteiger charge is 2.11.